The topological polar surface area (TPSA) is 66.8 Å². The number of carbonyl (C=O) groups is 2. The first kappa shape index (κ1) is 23.9. The number of rotatable bonds is 9. The molecule has 0 unspecified atom stereocenters. The molecule has 0 aromatic heterocycles. The number of carboxylic acids is 1. The molecule has 2 atom stereocenters. The molecule has 3 rings (SSSR count). The van der Waals surface area contributed by atoms with Gasteiger partial charge in [-0.1, -0.05) is 56.5 Å². The number of hydrogen-bond donors (Lipinski definition) is 1. The highest BCUT2D eigenvalue weighted by molar-refractivity contribution is 7.99. The molecule has 1 aliphatic heterocycles. The van der Waals surface area contributed by atoms with Gasteiger partial charge in [0.05, 0.1) is 18.8 Å². The van der Waals surface area contributed by atoms with Crippen LogP contribution in [0.3, 0.4) is 0 Å². The normalized spacial score (nSPS) is 22.2. The molecule has 1 N–H and O–H groups in total. The molecule has 0 spiro atoms. The van der Waals surface area contributed by atoms with Gasteiger partial charge in [0, 0.05) is 37.4 Å². The number of aliphatic carboxylic acids is 1. The van der Waals surface area contributed by atoms with E-state index in [2.05, 4.69) is 24.0 Å². The fourth-order valence-electron chi connectivity index (χ4n) is 3.68. The molecule has 0 radical (unpaired) electrons. The number of nitrogens with zero attached hydrogens (tertiary/aromatic N) is 1. The number of benzene rings is 1. The molecule has 162 valence electrons. The lowest BCUT2D eigenvalue weighted by Gasteiger charge is -2.30. The zero-order chi connectivity index (χ0) is 20.9. The lowest BCUT2D eigenvalue weighted by atomic mass is 10.2. The third-order valence-electron chi connectivity index (χ3n) is 5.35. The Hall–Kier alpha value is -1.37. The van der Waals surface area contributed by atoms with Crippen molar-refractivity contribution in [1.29, 1.82) is 0 Å². The predicted octanol–water partition coefficient (Wildman–Crippen LogP) is 4.39. The average molecular weight is 422 g/mol. The number of thioether (sulfide) groups is 1. The minimum atomic E-state index is -0.675. The first-order chi connectivity index (χ1) is 14.1. The van der Waals surface area contributed by atoms with Crippen molar-refractivity contribution in [3.05, 3.63) is 35.9 Å². The molecular formula is C23H35NO4S. The smallest absolute Gasteiger partial charge is 0.303 e. The Morgan fingerprint density at radius 3 is 2.55 bits per heavy atom. The van der Waals surface area contributed by atoms with E-state index in [0.717, 1.165) is 50.3 Å². The summed E-state index contributed by atoms with van der Waals surface area (Å²) in [6.07, 6.45) is 6.11. The first-order valence-corrected chi connectivity index (χ1v) is 12.0. The van der Waals surface area contributed by atoms with Crippen LogP contribution in [0.4, 0.5) is 0 Å². The quantitative estimate of drug-likeness (QED) is 0.597. The maximum Gasteiger partial charge on any atom is 0.303 e. The van der Waals surface area contributed by atoms with Crippen molar-refractivity contribution in [1.82, 2.24) is 4.90 Å². The largest absolute Gasteiger partial charge is 0.481 e. The van der Waals surface area contributed by atoms with Crippen molar-refractivity contribution in [2.75, 3.05) is 24.6 Å². The highest BCUT2D eigenvalue weighted by Gasteiger charge is 2.37. The summed E-state index contributed by atoms with van der Waals surface area (Å²) in [6, 6.07) is 10.3. The summed E-state index contributed by atoms with van der Waals surface area (Å²) in [7, 11) is 0. The third kappa shape index (κ3) is 9.32. The van der Waals surface area contributed by atoms with Crippen LogP contribution in [0.2, 0.25) is 0 Å². The minimum absolute atomic E-state index is 0.0993. The Labute approximate surface area is 179 Å². The standard InChI is InChI=1S/C16H21NO2S.C7H14O2/c18-16-11-14(19-12-13-4-2-1-3-5-13)10-15(16)17-6-8-20-9-7-17;1-2-3-4-5-6-7(8)9/h1-5,14-15H,6-12H2;2-6H2,1H3,(H,8,9)/t14-,15-;/m1./s1. The van der Waals surface area contributed by atoms with Crippen LogP contribution in [0.15, 0.2) is 30.3 Å². The van der Waals surface area contributed by atoms with Gasteiger partial charge in [0.15, 0.2) is 5.78 Å². The van der Waals surface area contributed by atoms with Gasteiger partial charge >= 0.3 is 5.97 Å². The Morgan fingerprint density at radius 2 is 1.90 bits per heavy atom. The average Bonchev–Trinajstić information content (AvgIpc) is 3.12. The number of carbonyl (C=O) groups excluding carboxylic acids is 1. The monoisotopic (exact) mass is 421 g/mol. The van der Waals surface area contributed by atoms with Crippen LogP contribution in [0, 0.1) is 0 Å². The zero-order valence-corrected chi connectivity index (χ0v) is 18.4. The number of Topliss-reactive ketones (excluding diaryl/α,β-unsaturated/α-hetero) is 1. The van der Waals surface area contributed by atoms with E-state index in [4.69, 9.17) is 9.84 Å². The molecule has 0 bridgehead atoms. The van der Waals surface area contributed by atoms with Gasteiger partial charge in [-0.25, -0.2) is 0 Å². The molecule has 1 saturated carbocycles. The number of hydrogen-bond acceptors (Lipinski definition) is 5. The van der Waals surface area contributed by atoms with E-state index in [9.17, 15) is 9.59 Å². The molecule has 2 fully saturated rings. The van der Waals surface area contributed by atoms with Crippen LogP contribution < -0.4 is 0 Å². The van der Waals surface area contributed by atoms with Gasteiger partial charge in [0.1, 0.15) is 0 Å². The summed E-state index contributed by atoms with van der Waals surface area (Å²) >= 11 is 1.98. The Balaban J connectivity index is 0.000000284. The SMILES string of the molecule is CCCCCCC(=O)O.O=C1C[C@H](OCc2ccccc2)C[C@H]1N1CCSCC1. The second-order valence-electron chi connectivity index (χ2n) is 7.69. The molecule has 5 nitrogen and oxygen atoms in total. The van der Waals surface area contributed by atoms with Crippen LogP contribution in [0.5, 0.6) is 0 Å². The first-order valence-electron chi connectivity index (χ1n) is 10.8. The molecule has 1 aromatic carbocycles. The van der Waals surface area contributed by atoms with E-state index in [1.165, 1.54) is 12.0 Å². The molecular weight excluding hydrogens is 386 g/mol. The van der Waals surface area contributed by atoms with Crippen molar-refractivity contribution >= 4 is 23.5 Å². The molecule has 1 heterocycles. The number of carboxylic acid groups (broad SMARTS) is 1. The summed E-state index contributed by atoms with van der Waals surface area (Å²) in [4.78, 5) is 24.5. The molecule has 6 heteroatoms. The summed E-state index contributed by atoms with van der Waals surface area (Å²) in [6.45, 7) is 4.82. The highest BCUT2D eigenvalue weighted by Crippen LogP contribution is 2.26. The molecule has 29 heavy (non-hydrogen) atoms. The van der Waals surface area contributed by atoms with Crippen molar-refractivity contribution < 1.29 is 19.4 Å². The van der Waals surface area contributed by atoms with Crippen LogP contribution in [0.1, 0.15) is 57.4 Å². The summed E-state index contributed by atoms with van der Waals surface area (Å²) in [5, 5.41) is 8.21. The fraction of sp³-hybridized carbons (Fsp3) is 0.652. The van der Waals surface area contributed by atoms with Gasteiger partial charge in [-0.3, -0.25) is 14.5 Å². The second-order valence-corrected chi connectivity index (χ2v) is 8.92. The highest BCUT2D eigenvalue weighted by atomic mass is 32.2. The molecule has 0 amide bonds. The van der Waals surface area contributed by atoms with Crippen molar-refractivity contribution in [3.8, 4) is 0 Å². The van der Waals surface area contributed by atoms with E-state index in [1.807, 2.05) is 30.0 Å². The van der Waals surface area contributed by atoms with Crippen molar-refractivity contribution in [3.63, 3.8) is 0 Å². The number of unbranched alkanes of at least 4 members (excludes halogenated alkanes) is 3. The Bertz CT molecular complexity index is 604. The summed E-state index contributed by atoms with van der Waals surface area (Å²) < 4.78 is 5.93. The Morgan fingerprint density at radius 1 is 1.17 bits per heavy atom. The zero-order valence-electron chi connectivity index (χ0n) is 17.6. The van der Waals surface area contributed by atoms with Gasteiger partial charge in [-0.05, 0) is 18.4 Å². The summed E-state index contributed by atoms with van der Waals surface area (Å²) in [5.74, 6) is 2.00. The lowest BCUT2D eigenvalue weighted by molar-refractivity contribution is -0.137. The molecule has 1 aromatic rings. The van der Waals surface area contributed by atoms with Gasteiger partial charge in [0.25, 0.3) is 0 Å². The van der Waals surface area contributed by atoms with Gasteiger partial charge in [-0.2, -0.15) is 11.8 Å². The van der Waals surface area contributed by atoms with Gasteiger partial charge < -0.3 is 9.84 Å². The molecule has 2 aliphatic rings. The fourth-order valence-corrected chi connectivity index (χ4v) is 4.62. The van der Waals surface area contributed by atoms with E-state index in [-0.39, 0.29) is 12.1 Å². The third-order valence-corrected chi connectivity index (χ3v) is 6.29. The maximum atomic E-state index is 12.2. The molecule has 1 aliphatic carbocycles. The van der Waals surface area contributed by atoms with Crippen LogP contribution in [0.25, 0.3) is 0 Å². The maximum absolute atomic E-state index is 12.2. The van der Waals surface area contributed by atoms with E-state index in [0.29, 0.717) is 25.2 Å². The second kappa shape index (κ2) is 13.8. The minimum Gasteiger partial charge on any atom is -0.481 e. The van der Waals surface area contributed by atoms with E-state index in [1.54, 1.807) is 0 Å². The molecule has 1 saturated heterocycles. The number of ether oxygens (including phenoxy) is 1. The van der Waals surface area contributed by atoms with Crippen molar-refractivity contribution in [2.45, 2.75) is 70.6 Å². The van der Waals surface area contributed by atoms with Crippen molar-refractivity contribution in [2.24, 2.45) is 0 Å². The van der Waals surface area contributed by atoms with Crippen LogP contribution in [-0.2, 0) is 20.9 Å². The lowest BCUT2D eigenvalue weighted by Crippen LogP contribution is -2.43. The van der Waals surface area contributed by atoms with Crippen LogP contribution in [-0.4, -0.2) is 58.5 Å². The summed E-state index contributed by atoms with van der Waals surface area (Å²) in [5.41, 5.74) is 1.18. The van der Waals surface area contributed by atoms with Gasteiger partial charge in [-0.15, -0.1) is 0 Å². The van der Waals surface area contributed by atoms with Crippen LogP contribution >= 0.6 is 11.8 Å². The Kier molecular flexibility index (Phi) is 11.4. The van der Waals surface area contributed by atoms with E-state index < -0.39 is 5.97 Å². The van der Waals surface area contributed by atoms with Gasteiger partial charge in [0.2, 0.25) is 0 Å². The predicted molar refractivity (Wildman–Crippen MR) is 118 cm³/mol. The number of ketones is 1. The van der Waals surface area contributed by atoms with E-state index >= 15 is 0 Å².